The minimum atomic E-state index is -1.03. The van der Waals surface area contributed by atoms with Crippen LogP contribution < -0.4 is 5.73 Å². The first kappa shape index (κ1) is 11.8. The molecule has 6 heteroatoms. The average Bonchev–Trinajstić information content (AvgIpc) is 2.49. The van der Waals surface area contributed by atoms with Crippen LogP contribution in [0.2, 0.25) is 0 Å². The highest BCUT2D eigenvalue weighted by atomic mass is 32.2. The number of hydrogen-bond donors (Lipinski definition) is 1. The molecule has 17 heavy (non-hydrogen) atoms. The first-order valence-electron chi connectivity index (χ1n) is 5.06. The Hall–Kier alpha value is -1.69. The summed E-state index contributed by atoms with van der Waals surface area (Å²) in [5, 5.41) is 0. The highest BCUT2D eigenvalue weighted by molar-refractivity contribution is 7.84. The van der Waals surface area contributed by atoms with E-state index in [1.807, 2.05) is 0 Å². The van der Waals surface area contributed by atoms with E-state index >= 15 is 0 Å². The standard InChI is InChI=1S/C11H12N2O3S/c1-17(16)5-4-13-10(14)8-3-2-7(12)6-9(8)11(13)15/h2-3,6H,4-5,12H2,1H3. The number of carbonyl (C=O) groups is 2. The van der Waals surface area contributed by atoms with Gasteiger partial charge in [-0.2, -0.15) is 0 Å². The fourth-order valence-corrected chi connectivity index (χ4v) is 2.17. The maximum atomic E-state index is 11.9. The van der Waals surface area contributed by atoms with Gasteiger partial charge < -0.3 is 5.73 Å². The minimum Gasteiger partial charge on any atom is -0.399 e. The van der Waals surface area contributed by atoms with Crippen LogP contribution in [0, 0.1) is 0 Å². The van der Waals surface area contributed by atoms with Crippen LogP contribution in [-0.4, -0.2) is 39.5 Å². The smallest absolute Gasteiger partial charge is 0.261 e. The van der Waals surface area contributed by atoms with Gasteiger partial charge in [0.2, 0.25) is 0 Å². The molecule has 1 aliphatic heterocycles. The summed E-state index contributed by atoms with van der Waals surface area (Å²) in [6.07, 6.45) is 1.54. The fourth-order valence-electron chi connectivity index (χ4n) is 1.73. The summed E-state index contributed by atoms with van der Waals surface area (Å²) in [6, 6.07) is 4.64. The lowest BCUT2D eigenvalue weighted by atomic mass is 10.1. The Kier molecular flexibility index (Phi) is 2.97. The molecule has 1 unspecified atom stereocenters. The molecule has 1 aromatic rings. The van der Waals surface area contributed by atoms with Crippen LogP contribution in [-0.2, 0) is 10.8 Å². The van der Waals surface area contributed by atoms with Gasteiger partial charge in [-0.1, -0.05) is 0 Å². The number of nitrogens with zero attached hydrogens (tertiary/aromatic N) is 1. The van der Waals surface area contributed by atoms with Gasteiger partial charge in [0, 0.05) is 35.0 Å². The van der Waals surface area contributed by atoms with E-state index in [2.05, 4.69) is 0 Å². The maximum Gasteiger partial charge on any atom is 0.261 e. The lowest BCUT2D eigenvalue weighted by molar-refractivity contribution is 0.0664. The molecule has 1 heterocycles. The summed E-state index contributed by atoms with van der Waals surface area (Å²) >= 11 is 0. The van der Waals surface area contributed by atoms with Crippen LogP contribution in [0.4, 0.5) is 5.69 Å². The predicted molar refractivity (Wildman–Crippen MR) is 65.2 cm³/mol. The summed E-state index contributed by atoms with van der Waals surface area (Å²) in [7, 11) is -1.03. The minimum absolute atomic E-state index is 0.176. The molecule has 1 aromatic carbocycles. The Bertz CT molecular complexity index is 527. The summed E-state index contributed by atoms with van der Waals surface area (Å²) in [4.78, 5) is 24.9. The average molecular weight is 252 g/mol. The number of fused-ring (bicyclic) bond motifs is 1. The van der Waals surface area contributed by atoms with E-state index in [1.54, 1.807) is 12.1 Å². The van der Waals surface area contributed by atoms with Crippen LogP contribution in [0.3, 0.4) is 0 Å². The summed E-state index contributed by atoms with van der Waals surface area (Å²) in [5.41, 5.74) is 6.72. The number of rotatable bonds is 3. The topological polar surface area (TPSA) is 80.5 Å². The Labute approximate surface area is 101 Å². The van der Waals surface area contributed by atoms with E-state index in [1.165, 1.54) is 12.3 Å². The summed E-state index contributed by atoms with van der Waals surface area (Å²) in [5.74, 6) is -0.404. The highest BCUT2D eigenvalue weighted by Gasteiger charge is 2.35. The zero-order chi connectivity index (χ0) is 12.6. The van der Waals surface area contributed by atoms with Crippen LogP contribution in [0.5, 0.6) is 0 Å². The quantitative estimate of drug-likeness (QED) is 0.617. The second-order valence-electron chi connectivity index (χ2n) is 3.84. The van der Waals surface area contributed by atoms with Gasteiger partial charge in [0.1, 0.15) is 0 Å². The molecule has 0 saturated carbocycles. The van der Waals surface area contributed by atoms with Crippen LogP contribution in [0.1, 0.15) is 20.7 Å². The maximum absolute atomic E-state index is 11.9. The second-order valence-corrected chi connectivity index (χ2v) is 5.40. The van der Waals surface area contributed by atoms with Gasteiger partial charge in [-0.05, 0) is 18.2 Å². The van der Waals surface area contributed by atoms with Gasteiger partial charge in [0.05, 0.1) is 11.1 Å². The molecule has 1 aliphatic rings. The zero-order valence-corrected chi connectivity index (χ0v) is 10.1. The number of nitrogens with two attached hydrogens (primary N) is 1. The molecule has 2 N–H and O–H groups in total. The van der Waals surface area contributed by atoms with Crippen molar-refractivity contribution < 1.29 is 13.8 Å². The largest absolute Gasteiger partial charge is 0.399 e. The molecule has 0 bridgehead atoms. The van der Waals surface area contributed by atoms with Crippen molar-refractivity contribution in [1.29, 1.82) is 0 Å². The monoisotopic (exact) mass is 252 g/mol. The third-order valence-electron chi connectivity index (χ3n) is 2.60. The molecule has 90 valence electrons. The van der Waals surface area contributed by atoms with Gasteiger partial charge in [0.15, 0.2) is 0 Å². The predicted octanol–water partition coefficient (Wildman–Crippen LogP) is 0.243. The number of anilines is 1. The van der Waals surface area contributed by atoms with Crippen molar-refractivity contribution in [3.05, 3.63) is 29.3 Å². The highest BCUT2D eigenvalue weighted by Crippen LogP contribution is 2.24. The number of imide groups is 1. The molecular formula is C11H12N2O3S. The normalized spacial score (nSPS) is 16.2. The molecule has 0 aliphatic carbocycles. The molecule has 0 spiro atoms. The van der Waals surface area contributed by atoms with Gasteiger partial charge in [-0.3, -0.25) is 18.7 Å². The van der Waals surface area contributed by atoms with Crippen molar-refractivity contribution in [2.24, 2.45) is 0 Å². The first-order chi connectivity index (χ1) is 8.00. The Balaban J connectivity index is 2.29. The Morgan fingerprint density at radius 2 is 1.88 bits per heavy atom. The van der Waals surface area contributed by atoms with Crippen LogP contribution in [0.15, 0.2) is 18.2 Å². The van der Waals surface area contributed by atoms with Crippen molar-refractivity contribution >= 4 is 28.3 Å². The van der Waals surface area contributed by atoms with Gasteiger partial charge in [-0.15, -0.1) is 0 Å². The van der Waals surface area contributed by atoms with E-state index in [4.69, 9.17) is 5.73 Å². The third kappa shape index (κ3) is 2.08. The zero-order valence-electron chi connectivity index (χ0n) is 9.30. The van der Waals surface area contributed by atoms with Crippen LogP contribution in [0.25, 0.3) is 0 Å². The molecule has 0 saturated heterocycles. The fraction of sp³-hybridized carbons (Fsp3) is 0.273. The van der Waals surface area contributed by atoms with E-state index in [0.29, 0.717) is 22.6 Å². The van der Waals surface area contributed by atoms with Crippen molar-refractivity contribution in [2.75, 3.05) is 24.3 Å². The van der Waals surface area contributed by atoms with Gasteiger partial charge in [0.25, 0.3) is 11.8 Å². The number of carbonyl (C=O) groups excluding carboxylic acids is 2. The molecule has 0 radical (unpaired) electrons. The third-order valence-corrected chi connectivity index (χ3v) is 3.35. The molecule has 2 amide bonds. The van der Waals surface area contributed by atoms with E-state index < -0.39 is 10.8 Å². The number of amides is 2. The second kappa shape index (κ2) is 4.29. The van der Waals surface area contributed by atoms with E-state index in [-0.39, 0.29) is 18.4 Å². The Morgan fingerprint density at radius 1 is 1.24 bits per heavy atom. The van der Waals surface area contributed by atoms with Gasteiger partial charge >= 0.3 is 0 Å². The molecule has 2 rings (SSSR count). The van der Waals surface area contributed by atoms with Gasteiger partial charge in [-0.25, -0.2) is 0 Å². The molecule has 1 atom stereocenters. The van der Waals surface area contributed by atoms with Crippen molar-refractivity contribution in [3.8, 4) is 0 Å². The first-order valence-corrected chi connectivity index (χ1v) is 6.79. The SMILES string of the molecule is CS(=O)CCN1C(=O)c2ccc(N)cc2C1=O. The number of nitrogen functional groups attached to an aromatic ring is 1. The number of hydrogen-bond acceptors (Lipinski definition) is 4. The van der Waals surface area contributed by atoms with Crippen molar-refractivity contribution in [2.45, 2.75) is 0 Å². The lowest BCUT2D eigenvalue weighted by Gasteiger charge is -2.12. The summed E-state index contributed by atoms with van der Waals surface area (Å²) in [6.45, 7) is 0.176. The number of benzene rings is 1. The molecule has 0 aromatic heterocycles. The van der Waals surface area contributed by atoms with E-state index in [0.717, 1.165) is 4.90 Å². The van der Waals surface area contributed by atoms with Crippen molar-refractivity contribution in [3.63, 3.8) is 0 Å². The lowest BCUT2D eigenvalue weighted by Crippen LogP contribution is -2.33. The van der Waals surface area contributed by atoms with E-state index in [9.17, 15) is 13.8 Å². The molecule has 5 nitrogen and oxygen atoms in total. The Morgan fingerprint density at radius 3 is 2.53 bits per heavy atom. The summed E-state index contributed by atoms with van der Waals surface area (Å²) < 4.78 is 11.0. The van der Waals surface area contributed by atoms with Crippen molar-refractivity contribution in [1.82, 2.24) is 4.90 Å². The molecular weight excluding hydrogens is 240 g/mol. The molecule has 0 fully saturated rings. The van der Waals surface area contributed by atoms with Crippen LogP contribution >= 0.6 is 0 Å².